The first-order valence-corrected chi connectivity index (χ1v) is 35.8. The Morgan fingerprint density at radius 1 is 0.333 bits per heavy atom. The third-order valence-electron chi connectivity index (χ3n) is 13.2. The standard InChI is InChI=1S/C69H116O16P2/c1-4-7-10-13-16-19-22-24-26-28-30-31-33-35-36-38-41-43-46-49-52-55-67(72)79-58-64(70)59-81-86(75,76)82-60-65(71)61-83-87(77,78)84-63-66(85-69(74)57-54-51-48-45-40-21-18-15-12-9-6-3)62-80-68(73)56-53-50-47-44-42-39-37-34-32-29-27-25-23-20-17-14-11-8-5-2/h7-8,10-11,15-20,24-27,30-32,34-36,64-66,70-71H,4-6,9,12-14,21-23,28-29,33,37-63H2,1-3H3,(H,75,76)(H,77,78)/b10-7-,11-8-,18-15-,19-16-,20-17-,26-24-,27-25-,31-30-,34-32-,36-35-. The van der Waals surface area contributed by atoms with Crippen molar-refractivity contribution in [3.8, 4) is 0 Å². The van der Waals surface area contributed by atoms with Crippen molar-refractivity contribution in [1.29, 1.82) is 0 Å². The van der Waals surface area contributed by atoms with E-state index in [0.717, 1.165) is 167 Å². The number of aliphatic hydroxyl groups excluding tert-OH is 2. The van der Waals surface area contributed by atoms with Crippen LogP contribution in [0.3, 0.4) is 0 Å². The van der Waals surface area contributed by atoms with Crippen molar-refractivity contribution in [1.82, 2.24) is 0 Å². The first-order valence-electron chi connectivity index (χ1n) is 32.8. The number of phosphoric acid groups is 2. The number of hydrogen-bond donors (Lipinski definition) is 4. The van der Waals surface area contributed by atoms with Gasteiger partial charge in [-0.1, -0.05) is 219 Å². The normalized spacial score (nSPS) is 15.1. The predicted octanol–water partition coefficient (Wildman–Crippen LogP) is 17.9. The molecule has 0 aromatic heterocycles. The molecule has 0 aliphatic carbocycles. The fourth-order valence-corrected chi connectivity index (χ4v) is 9.74. The lowest BCUT2D eigenvalue weighted by molar-refractivity contribution is -0.161. The zero-order chi connectivity index (χ0) is 63.8. The minimum atomic E-state index is -4.93. The maximum Gasteiger partial charge on any atom is 0.472 e. The van der Waals surface area contributed by atoms with Gasteiger partial charge in [-0.05, 0) is 122 Å². The molecule has 0 fully saturated rings. The number of rotatable bonds is 61. The Morgan fingerprint density at radius 3 is 0.977 bits per heavy atom. The van der Waals surface area contributed by atoms with Crippen molar-refractivity contribution in [3.05, 3.63) is 122 Å². The Kier molecular flexibility index (Phi) is 59.3. The second kappa shape index (κ2) is 62.2. The molecule has 18 heteroatoms. The Balaban J connectivity index is 4.63. The average molecular weight is 1260 g/mol. The van der Waals surface area contributed by atoms with Gasteiger partial charge in [0.05, 0.1) is 26.4 Å². The topological polar surface area (TPSA) is 231 Å². The molecule has 0 radical (unpaired) electrons. The van der Waals surface area contributed by atoms with Crippen molar-refractivity contribution in [3.63, 3.8) is 0 Å². The van der Waals surface area contributed by atoms with E-state index in [-0.39, 0.29) is 19.3 Å². The highest BCUT2D eigenvalue weighted by atomic mass is 31.2. The molecule has 87 heavy (non-hydrogen) atoms. The number of hydrogen-bond acceptors (Lipinski definition) is 14. The predicted molar refractivity (Wildman–Crippen MR) is 353 cm³/mol. The summed E-state index contributed by atoms with van der Waals surface area (Å²) >= 11 is 0. The molecule has 0 aromatic rings. The van der Waals surface area contributed by atoms with E-state index in [1.165, 1.54) is 12.8 Å². The highest BCUT2D eigenvalue weighted by Crippen LogP contribution is 2.45. The molecule has 498 valence electrons. The number of phosphoric ester groups is 2. The zero-order valence-corrected chi connectivity index (χ0v) is 55.4. The molecule has 0 heterocycles. The van der Waals surface area contributed by atoms with Crippen LogP contribution in [-0.2, 0) is 55.8 Å². The van der Waals surface area contributed by atoms with E-state index in [4.69, 9.17) is 32.3 Å². The molecule has 0 aromatic carbocycles. The second-order valence-electron chi connectivity index (χ2n) is 21.5. The largest absolute Gasteiger partial charge is 0.472 e. The summed E-state index contributed by atoms with van der Waals surface area (Å²) in [5.74, 6) is -1.63. The molecular weight excluding hydrogens is 1150 g/mol. The van der Waals surface area contributed by atoms with E-state index in [2.05, 4.69) is 142 Å². The summed E-state index contributed by atoms with van der Waals surface area (Å²) in [6.45, 7) is 2.32. The van der Waals surface area contributed by atoms with Gasteiger partial charge in [0.15, 0.2) is 6.10 Å². The summed E-state index contributed by atoms with van der Waals surface area (Å²) in [6.07, 6.45) is 69.7. The van der Waals surface area contributed by atoms with E-state index in [0.29, 0.717) is 19.3 Å². The summed E-state index contributed by atoms with van der Waals surface area (Å²) in [5.41, 5.74) is 0. The van der Waals surface area contributed by atoms with Crippen molar-refractivity contribution >= 4 is 33.6 Å². The van der Waals surface area contributed by atoms with E-state index in [9.17, 15) is 43.5 Å². The van der Waals surface area contributed by atoms with Crippen LogP contribution in [0, 0.1) is 0 Å². The Bertz CT molecular complexity index is 2070. The van der Waals surface area contributed by atoms with E-state index < -0.39 is 91.5 Å². The number of carbonyl (C=O) groups excluding carboxylic acids is 3. The number of allylic oxidation sites excluding steroid dienone is 20. The summed E-state index contributed by atoms with van der Waals surface area (Å²) in [6, 6.07) is 0. The maximum atomic E-state index is 12.9. The summed E-state index contributed by atoms with van der Waals surface area (Å²) in [5, 5.41) is 20.5. The minimum absolute atomic E-state index is 0.0874. The van der Waals surface area contributed by atoms with Gasteiger partial charge in [0.1, 0.15) is 25.4 Å². The second-order valence-corrected chi connectivity index (χ2v) is 24.4. The van der Waals surface area contributed by atoms with Crippen molar-refractivity contribution < 1.29 is 75.8 Å². The smallest absolute Gasteiger partial charge is 0.463 e. The van der Waals surface area contributed by atoms with Crippen molar-refractivity contribution in [2.45, 2.75) is 257 Å². The fraction of sp³-hybridized carbons (Fsp3) is 0.667. The van der Waals surface area contributed by atoms with Gasteiger partial charge >= 0.3 is 33.6 Å². The van der Waals surface area contributed by atoms with Crippen LogP contribution in [0.5, 0.6) is 0 Å². The zero-order valence-electron chi connectivity index (χ0n) is 53.6. The van der Waals surface area contributed by atoms with Gasteiger partial charge in [0.25, 0.3) is 0 Å². The van der Waals surface area contributed by atoms with Crippen LogP contribution >= 0.6 is 15.6 Å². The third-order valence-corrected chi connectivity index (χ3v) is 15.1. The van der Waals surface area contributed by atoms with Gasteiger partial charge in [0.2, 0.25) is 0 Å². The van der Waals surface area contributed by atoms with Gasteiger partial charge in [0, 0.05) is 19.3 Å². The summed E-state index contributed by atoms with van der Waals surface area (Å²) in [4.78, 5) is 58.2. The van der Waals surface area contributed by atoms with Gasteiger partial charge in [-0.15, -0.1) is 0 Å². The van der Waals surface area contributed by atoms with E-state index in [1.54, 1.807) is 0 Å². The molecule has 0 aliphatic heterocycles. The highest BCUT2D eigenvalue weighted by molar-refractivity contribution is 7.47. The lowest BCUT2D eigenvalue weighted by Gasteiger charge is -2.21. The molecule has 0 saturated heterocycles. The fourth-order valence-electron chi connectivity index (χ4n) is 8.16. The van der Waals surface area contributed by atoms with Crippen LogP contribution in [0.4, 0.5) is 0 Å². The van der Waals surface area contributed by atoms with Crippen LogP contribution in [0.25, 0.3) is 0 Å². The molecule has 5 atom stereocenters. The molecule has 0 aliphatic rings. The minimum Gasteiger partial charge on any atom is -0.463 e. The van der Waals surface area contributed by atoms with Gasteiger partial charge in [-0.3, -0.25) is 32.5 Å². The number of unbranched alkanes of at least 4 members (excludes halogenated alkanes) is 18. The monoisotopic (exact) mass is 1260 g/mol. The molecule has 4 N–H and O–H groups in total. The summed E-state index contributed by atoms with van der Waals surface area (Å²) in [7, 11) is -9.78. The molecule has 16 nitrogen and oxygen atoms in total. The Hall–Kier alpha value is -4.05. The third kappa shape index (κ3) is 63.3. The molecule has 0 rings (SSSR count). The first kappa shape index (κ1) is 83.0. The number of esters is 3. The van der Waals surface area contributed by atoms with Crippen LogP contribution in [-0.4, -0.2) is 95.9 Å². The van der Waals surface area contributed by atoms with Crippen LogP contribution in [0.1, 0.15) is 239 Å². The lowest BCUT2D eigenvalue weighted by Crippen LogP contribution is -2.30. The van der Waals surface area contributed by atoms with Crippen LogP contribution < -0.4 is 0 Å². The molecule has 0 amide bonds. The molecule has 0 bridgehead atoms. The Labute approximate surface area is 525 Å². The van der Waals surface area contributed by atoms with Crippen molar-refractivity contribution in [2.75, 3.05) is 39.6 Å². The molecule has 0 saturated carbocycles. The van der Waals surface area contributed by atoms with E-state index in [1.807, 2.05) is 0 Å². The van der Waals surface area contributed by atoms with Crippen LogP contribution in [0.15, 0.2) is 122 Å². The number of carbonyl (C=O) groups is 3. The van der Waals surface area contributed by atoms with Gasteiger partial charge in [-0.25, -0.2) is 9.13 Å². The number of aliphatic hydroxyl groups is 2. The lowest BCUT2D eigenvalue weighted by atomic mass is 10.1. The molecule has 0 spiro atoms. The van der Waals surface area contributed by atoms with Crippen LogP contribution in [0.2, 0.25) is 0 Å². The van der Waals surface area contributed by atoms with Crippen molar-refractivity contribution in [2.24, 2.45) is 0 Å². The SMILES string of the molecule is CC/C=C\C/C=C\C/C=C\C/C=C\C/C=C\CCCCCCCC(=O)OCC(O)COP(=O)(O)OCC(O)COP(=O)(O)OCC(COC(=O)CCCCCCCC/C=C\C/C=C\C/C=C\C/C=C\CC)OC(=O)CCCCCCC/C=C\CCCC. The Morgan fingerprint density at radius 2 is 0.609 bits per heavy atom. The average Bonchev–Trinajstić information content (AvgIpc) is 3.57. The molecule has 5 unspecified atom stereocenters. The molecular formula is C69H116O16P2. The summed E-state index contributed by atoms with van der Waals surface area (Å²) < 4.78 is 60.7. The van der Waals surface area contributed by atoms with E-state index >= 15 is 0 Å². The maximum absolute atomic E-state index is 12.9. The quantitative estimate of drug-likeness (QED) is 0.0146. The first-order chi connectivity index (χ1) is 42.2. The highest BCUT2D eigenvalue weighted by Gasteiger charge is 2.29. The number of ether oxygens (including phenoxy) is 3. The van der Waals surface area contributed by atoms with Gasteiger partial charge < -0.3 is 34.2 Å². The van der Waals surface area contributed by atoms with Gasteiger partial charge in [-0.2, -0.15) is 0 Å².